The van der Waals surface area contributed by atoms with Crippen LogP contribution in [0, 0.1) is 0 Å². The van der Waals surface area contributed by atoms with Crippen molar-refractivity contribution in [3.05, 3.63) is 29.8 Å². The summed E-state index contributed by atoms with van der Waals surface area (Å²) in [6.07, 6.45) is 0.221. The maximum atomic E-state index is 11.9. The zero-order valence-electron chi connectivity index (χ0n) is 10.1. The van der Waals surface area contributed by atoms with Gasteiger partial charge in [0.1, 0.15) is 5.75 Å². The summed E-state index contributed by atoms with van der Waals surface area (Å²) in [6, 6.07) is 6.02. The zero-order chi connectivity index (χ0) is 13.4. The van der Waals surface area contributed by atoms with Gasteiger partial charge in [-0.3, -0.25) is 4.79 Å². The number of amides is 1. The molecule has 0 unspecified atom stereocenters. The van der Waals surface area contributed by atoms with Crippen molar-refractivity contribution < 1.29 is 18.3 Å². The first kappa shape index (κ1) is 14.4. The van der Waals surface area contributed by atoms with Gasteiger partial charge in [0.2, 0.25) is 5.91 Å². The van der Waals surface area contributed by atoms with E-state index >= 15 is 0 Å². The second kappa shape index (κ2) is 7.60. The molecule has 100 valence electrons. The van der Waals surface area contributed by atoms with Crippen LogP contribution in [-0.4, -0.2) is 32.7 Å². The molecule has 1 aromatic carbocycles. The van der Waals surface area contributed by atoms with Gasteiger partial charge >= 0.3 is 6.61 Å². The van der Waals surface area contributed by atoms with E-state index in [9.17, 15) is 13.6 Å². The molecule has 0 aliphatic heterocycles. The summed E-state index contributed by atoms with van der Waals surface area (Å²) in [5.74, 6) is -0.0166. The lowest BCUT2D eigenvalue weighted by atomic mass is 10.1. The fourth-order valence-electron chi connectivity index (χ4n) is 1.36. The number of hydrogen-bond donors (Lipinski definition) is 2. The molecule has 1 rings (SSSR count). The number of carbonyl (C=O) groups excluding carboxylic acids is 1. The van der Waals surface area contributed by atoms with E-state index < -0.39 is 6.61 Å². The van der Waals surface area contributed by atoms with Crippen molar-refractivity contribution >= 4 is 5.91 Å². The van der Waals surface area contributed by atoms with E-state index in [1.165, 1.54) is 12.1 Å². The summed E-state index contributed by atoms with van der Waals surface area (Å²) >= 11 is 0. The molecule has 0 bridgehead atoms. The molecule has 18 heavy (non-hydrogen) atoms. The third-order valence-corrected chi connectivity index (χ3v) is 2.21. The van der Waals surface area contributed by atoms with Crippen LogP contribution in [0.2, 0.25) is 0 Å². The summed E-state index contributed by atoms with van der Waals surface area (Å²) in [6.45, 7) is -1.57. The number of carbonyl (C=O) groups is 1. The molecule has 0 fully saturated rings. The molecule has 0 saturated carbocycles. The van der Waals surface area contributed by atoms with Crippen molar-refractivity contribution in [2.75, 3.05) is 20.1 Å². The van der Waals surface area contributed by atoms with Gasteiger partial charge in [-0.15, -0.1) is 0 Å². The Kier molecular flexibility index (Phi) is 6.07. The molecule has 2 N–H and O–H groups in total. The van der Waals surface area contributed by atoms with Gasteiger partial charge in [0.25, 0.3) is 0 Å². The molecule has 0 aliphatic carbocycles. The van der Waals surface area contributed by atoms with Crippen LogP contribution in [0.4, 0.5) is 8.78 Å². The Bertz CT molecular complexity index is 369. The fraction of sp³-hybridized carbons (Fsp3) is 0.417. The Labute approximate surface area is 104 Å². The van der Waals surface area contributed by atoms with E-state index in [1.54, 1.807) is 19.2 Å². The summed E-state index contributed by atoms with van der Waals surface area (Å²) in [7, 11) is 1.80. The lowest BCUT2D eigenvalue weighted by molar-refractivity contribution is -0.120. The monoisotopic (exact) mass is 258 g/mol. The van der Waals surface area contributed by atoms with Gasteiger partial charge in [-0.25, -0.2) is 0 Å². The average Bonchev–Trinajstić information content (AvgIpc) is 2.31. The average molecular weight is 258 g/mol. The van der Waals surface area contributed by atoms with Crippen LogP contribution < -0.4 is 15.4 Å². The van der Waals surface area contributed by atoms with Crippen LogP contribution in [0.3, 0.4) is 0 Å². The molecular weight excluding hydrogens is 242 g/mol. The number of likely N-dealkylation sites (N-methyl/N-ethyl adjacent to an activating group) is 1. The smallest absolute Gasteiger partial charge is 0.387 e. The Morgan fingerprint density at radius 3 is 2.50 bits per heavy atom. The van der Waals surface area contributed by atoms with Crippen LogP contribution in [0.1, 0.15) is 5.56 Å². The minimum Gasteiger partial charge on any atom is -0.435 e. The van der Waals surface area contributed by atoms with Gasteiger partial charge in [0, 0.05) is 13.1 Å². The molecule has 0 aliphatic rings. The highest BCUT2D eigenvalue weighted by Crippen LogP contribution is 2.15. The molecule has 0 aromatic heterocycles. The molecule has 0 spiro atoms. The number of hydrogen-bond acceptors (Lipinski definition) is 3. The first-order chi connectivity index (χ1) is 8.61. The maximum absolute atomic E-state index is 11.9. The number of ether oxygens (including phenoxy) is 1. The number of alkyl halides is 2. The highest BCUT2D eigenvalue weighted by Gasteiger charge is 2.05. The highest BCUT2D eigenvalue weighted by molar-refractivity contribution is 5.78. The summed E-state index contributed by atoms with van der Waals surface area (Å²) in [4.78, 5) is 11.5. The van der Waals surface area contributed by atoms with E-state index in [2.05, 4.69) is 15.4 Å². The van der Waals surface area contributed by atoms with E-state index in [-0.39, 0.29) is 18.1 Å². The SMILES string of the molecule is CNCCNC(=O)Cc1ccc(OC(F)F)cc1. The molecule has 0 radical (unpaired) electrons. The first-order valence-corrected chi connectivity index (χ1v) is 5.57. The van der Waals surface area contributed by atoms with Crippen molar-refractivity contribution in [2.45, 2.75) is 13.0 Å². The van der Waals surface area contributed by atoms with Crippen LogP contribution in [0.15, 0.2) is 24.3 Å². The lowest BCUT2D eigenvalue weighted by Gasteiger charge is -2.06. The third kappa shape index (κ3) is 5.58. The highest BCUT2D eigenvalue weighted by atomic mass is 19.3. The van der Waals surface area contributed by atoms with Gasteiger partial charge in [-0.05, 0) is 24.7 Å². The second-order valence-electron chi connectivity index (χ2n) is 3.65. The predicted octanol–water partition coefficient (Wildman–Crippen LogP) is 1.17. The zero-order valence-corrected chi connectivity index (χ0v) is 10.1. The van der Waals surface area contributed by atoms with Gasteiger partial charge in [0.15, 0.2) is 0 Å². The number of nitrogens with one attached hydrogen (secondary N) is 2. The molecule has 1 amide bonds. The topological polar surface area (TPSA) is 50.4 Å². The van der Waals surface area contributed by atoms with E-state index in [0.29, 0.717) is 13.1 Å². The number of benzene rings is 1. The molecule has 6 heteroatoms. The molecular formula is C12H16F2N2O2. The summed E-state index contributed by atoms with van der Waals surface area (Å²) < 4.78 is 28.0. The molecule has 0 heterocycles. The van der Waals surface area contributed by atoms with E-state index in [1.807, 2.05) is 0 Å². The fourth-order valence-corrected chi connectivity index (χ4v) is 1.36. The molecule has 0 saturated heterocycles. The van der Waals surface area contributed by atoms with Crippen LogP contribution in [0.25, 0.3) is 0 Å². The van der Waals surface area contributed by atoms with Crippen molar-refractivity contribution in [3.63, 3.8) is 0 Å². The van der Waals surface area contributed by atoms with Crippen molar-refractivity contribution in [1.82, 2.24) is 10.6 Å². The minimum atomic E-state index is -2.83. The Hall–Kier alpha value is -1.69. The van der Waals surface area contributed by atoms with Crippen LogP contribution >= 0.6 is 0 Å². The van der Waals surface area contributed by atoms with Gasteiger partial charge in [-0.1, -0.05) is 12.1 Å². The van der Waals surface area contributed by atoms with Gasteiger partial charge < -0.3 is 15.4 Å². The molecule has 0 atom stereocenters. The quantitative estimate of drug-likeness (QED) is 0.722. The molecule has 1 aromatic rings. The van der Waals surface area contributed by atoms with Crippen molar-refractivity contribution in [1.29, 1.82) is 0 Å². The summed E-state index contributed by atoms with van der Waals surface area (Å²) in [5.41, 5.74) is 0.749. The minimum absolute atomic E-state index is 0.0874. The summed E-state index contributed by atoms with van der Waals surface area (Å²) in [5, 5.41) is 5.64. The number of rotatable bonds is 7. The normalized spacial score (nSPS) is 10.4. The largest absolute Gasteiger partial charge is 0.435 e. The van der Waals surface area contributed by atoms with E-state index in [0.717, 1.165) is 5.56 Å². The van der Waals surface area contributed by atoms with Crippen molar-refractivity contribution in [3.8, 4) is 5.75 Å². The maximum Gasteiger partial charge on any atom is 0.387 e. The van der Waals surface area contributed by atoms with Crippen LogP contribution in [0.5, 0.6) is 5.75 Å². The van der Waals surface area contributed by atoms with Gasteiger partial charge in [-0.2, -0.15) is 8.78 Å². The molecule has 4 nitrogen and oxygen atoms in total. The second-order valence-corrected chi connectivity index (χ2v) is 3.65. The lowest BCUT2D eigenvalue weighted by Crippen LogP contribution is -2.31. The van der Waals surface area contributed by atoms with Crippen LogP contribution in [-0.2, 0) is 11.2 Å². The standard InChI is InChI=1S/C12H16F2N2O2/c1-15-6-7-16-11(17)8-9-2-4-10(5-3-9)18-12(13)14/h2-5,12,15H,6-8H2,1H3,(H,16,17). The van der Waals surface area contributed by atoms with Crippen molar-refractivity contribution in [2.24, 2.45) is 0 Å². The first-order valence-electron chi connectivity index (χ1n) is 5.57. The number of halogens is 2. The van der Waals surface area contributed by atoms with Gasteiger partial charge in [0.05, 0.1) is 6.42 Å². The third-order valence-electron chi connectivity index (χ3n) is 2.21. The van der Waals surface area contributed by atoms with E-state index in [4.69, 9.17) is 0 Å². The predicted molar refractivity (Wildman–Crippen MR) is 63.7 cm³/mol. The Morgan fingerprint density at radius 1 is 1.28 bits per heavy atom. The Morgan fingerprint density at radius 2 is 1.94 bits per heavy atom. The Balaban J connectivity index is 2.40.